The Hall–Kier alpha value is -2.91. The average molecular weight is 391 g/mol. The first-order valence-corrected chi connectivity index (χ1v) is 9.73. The molecule has 0 heterocycles. The monoisotopic (exact) mass is 391 g/mol. The predicted octanol–water partition coefficient (Wildman–Crippen LogP) is 0.872. The lowest BCUT2D eigenvalue weighted by Gasteiger charge is -2.15. The van der Waals surface area contributed by atoms with Crippen molar-refractivity contribution >= 4 is 22.0 Å². The van der Waals surface area contributed by atoms with E-state index in [0.29, 0.717) is 6.42 Å². The van der Waals surface area contributed by atoms with Gasteiger partial charge in [0.05, 0.1) is 4.90 Å². The number of sulfonamides is 1. The molecule has 0 spiro atoms. The van der Waals surface area contributed by atoms with Crippen LogP contribution in [0.3, 0.4) is 0 Å². The number of nitrogens with two attached hydrogens (primary N) is 1. The Morgan fingerprint density at radius 1 is 1.00 bits per heavy atom. The fourth-order valence-corrected chi connectivity index (χ4v) is 2.94. The topological polar surface area (TPSA) is 139 Å². The molecule has 1 atom stereocenters. The quantitative estimate of drug-likeness (QED) is 0.529. The van der Waals surface area contributed by atoms with Gasteiger partial charge in [0, 0.05) is 13.0 Å². The molecule has 0 aliphatic rings. The zero-order valence-corrected chi connectivity index (χ0v) is 15.3. The molecule has 2 aromatic carbocycles. The van der Waals surface area contributed by atoms with E-state index in [4.69, 9.17) is 5.14 Å². The molecule has 0 radical (unpaired) electrons. The second kappa shape index (κ2) is 9.15. The van der Waals surface area contributed by atoms with Crippen LogP contribution >= 0.6 is 0 Å². The molecule has 9 heteroatoms. The molecule has 0 unspecified atom stereocenters. The standard InChI is InChI=1S/C18H21N3O5S/c19-27(25,26)15-8-6-13(7-9-15)10-11-20-18(24)21-16(17(22)23)12-14-4-2-1-3-5-14/h1-9,16H,10-12H2,(H,22,23)(H2,19,25,26)(H2,20,21,24)/t16-/m0/s1. The maximum atomic E-state index is 11.9. The molecule has 0 aliphatic heterocycles. The molecular formula is C18H21N3O5S. The van der Waals surface area contributed by atoms with E-state index in [1.807, 2.05) is 6.07 Å². The van der Waals surface area contributed by atoms with Crippen LogP contribution in [0, 0.1) is 0 Å². The number of primary sulfonamides is 1. The van der Waals surface area contributed by atoms with E-state index < -0.39 is 28.1 Å². The molecule has 8 nitrogen and oxygen atoms in total. The third-order valence-electron chi connectivity index (χ3n) is 3.84. The summed E-state index contributed by atoms with van der Waals surface area (Å²) in [7, 11) is -3.74. The molecule has 0 fully saturated rings. The van der Waals surface area contributed by atoms with Crippen LogP contribution in [-0.4, -0.2) is 38.1 Å². The second-order valence-corrected chi connectivity index (χ2v) is 7.48. The van der Waals surface area contributed by atoms with Crippen molar-refractivity contribution in [1.29, 1.82) is 0 Å². The van der Waals surface area contributed by atoms with Crippen LogP contribution in [0.25, 0.3) is 0 Å². The minimum absolute atomic E-state index is 0.0159. The third kappa shape index (κ3) is 6.72. The predicted molar refractivity (Wildman–Crippen MR) is 99.6 cm³/mol. The van der Waals surface area contributed by atoms with Crippen molar-refractivity contribution in [2.45, 2.75) is 23.8 Å². The van der Waals surface area contributed by atoms with E-state index in [2.05, 4.69) is 10.6 Å². The number of nitrogens with one attached hydrogen (secondary N) is 2. The van der Waals surface area contributed by atoms with E-state index in [-0.39, 0.29) is 17.9 Å². The lowest BCUT2D eigenvalue weighted by Crippen LogP contribution is -2.47. The molecule has 0 saturated carbocycles. The number of rotatable bonds is 8. The SMILES string of the molecule is NS(=O)(=O)c1ccc(CCNC(=O)N[C@@H](Cc2ccccc2)C(=O)O)cc1. The first-order valence-electron chi connectivity index (χ1n) is 8.18. The van der Waals surface area contributed by atoms with Crippen molar-refractivity contribution in [3.8, 4) is 0 Å². The lowest BCUT2D eigenvalue weighted by atomic mass is 10.1. The van der Waals surface area contributed by atoms with Gasteiger partial charge in [-0.05, 0) is 29.7 Å². The van der Waals surface area contributed by atoms with Gasteiger partial charge in [0.25, 0.3) is 0 Å². The number of aliphatic carboxylic acids is 1. The van der Waals surface area contributed by atoms with E-state index in [1.54, 1.807) is 36.4 Å². The summed E-state index contributed by atoms with van der Waals surface area (Å²) in [6.07, 6.45) is 0.632. The number of hydrogen-bond donors (Lipinski definition) is 4. The summed E-state index contributed by atoms with van der Waals surface area (Å²) in [4.78, 5) is 23.3. The molecule has 0 aliphatic carbocycles. The zero-order chi connectivity index (χ0) is 19.9. The van der Waals surface area contributed by atoms with Gasteiger partial charge in [0.15, 0.2) is 0 Å². The highest BCUT2D eigenvalue weighted by Gasteiger charge is 2.20. The van der Waals surface area contributed by atoms with Crippen LogP contribution in [0.4, 0.5) is 4.79 Å². The van der Waals surface area contributed by atoms with E-state index >= 15 is 0 Å². The Balaban J connectivity index is 1.83. The van der Waals surface area contributed by atoms with Crippen LogP contribution < -0.4 is 15.8 Å². The summed E-state index contributed by atoms with van der Waals surface area (Å²) in [5, 5.41) is 19.3. The number of urea groups is 1. The molecule has 0 saturated heterocycles. The Bertz CT molecular complexity index is 883. The first-order chi connectivity index (χ1) is 12.8. The fourth-order valence-electron chi connectivity index (χ4n) is 2.43. The first kappa shape index (κ1) is 20.4. The molecule has 144 valence electrons. The van der Waals surface area contributed by atoms with Gasteiger partial charge >= 0.3 is 12.0 Å². The molecule has 0 aromatic heterocycles. The van der Waals surface area contributed by atoms with Crippen LogP contribution in [-0.2, 0) is 27.7 Å². The summed E-state index contributed by atoms with van der Waals surface area (Å²) in [6, 6.07) is 13.4. The van der Waals surface area contributed by atoms with E-state index in [9.17, 15) is 23.1 Å². The molecule has 2 aromatic rings. The van der Waals surface area contributed by atoms with Gasteiger partial charge < -0.3 is 15.7 Å². The number of hydrogen-bond acceptors (Lipinski definition) is 4. The molecule has 5 N–H and O–H groups in total. The minimum atomic E-state index is -3.74. The summed E-state index contributed by atoms with van der Waals surface area (Å²) < 4.78 is 22.4. The number of carbonyl (C=O) groups excluding carboxylic acids is 1. The molecule has 27 heavy (non-hydrogen) atoms. The van der Waals surface area contributed by atoms with Gasteiger partial charge in [-0.2, -0.15) is 0 Å². The van der Waals surface area contributed by atoms with Gasteiger partial charge in [0.2, 0.25) is 10.0 Å². The third-order valence-corrected chi connectivity index (χ3v) is 4.77. The molecular weight excluding hydrogens is 370 g/mol. The fraction of sp³-hybridized carbons (Fsp3) is 0.222. The summed E-state index contributed by atoms with van der Waals surface area (Å²) in [5.74, 6) is -1.12. The van der Waals surface area contributed by atoms with Crippen LogP contribution in [0.15, 0.2) is 59.5 Å². The Labute approximate surface area is 157 Å². The Morgan fingerprint density at radius 2 is 1.63 bits per heavy atom. The van der Waals surface area contributed by atoms with Gasteiger partial charge in [-0.3, -0.25) is 0 Å². The van der Waals surface area contributed by atoms with E-state index in [0.717, 1.165) is 11.1 Å². The maximum Gasteiger partial charge on any atom is 0.326 e. The van der Waals surface area contributed by atoms with Crippen molar-refractivity contribution in [1.82, 2.24) is 10.6 Å². The number of benzene rings is 2. The summed E-state index contributed by atoms with van der Waals surface area (Å²) >= 11 is 0. The van der Waals surface area contributed by atoms with Gasteiger partial charge in [-0.25, -0.2) is 23.1 Å². The number of carboxylic acid groups (broad SMARTS) is 1. The van der Waals surface area contributed by atoms with Crippen molar-refractivity contribution in [2.24, 2.45) is 5.14 Å². The maximum absolute atomic E-state index is 11.9. The summed E-state index contributed by atoms with van der Waals surface area (Å²) in [5.41, 5.74) is 1.61. The number of carbonyl (C=O) groups is 2. The van der Waals surface area contributed by atoms with Crippen LogP contribution in [0.2, 0.25) is 0 Å². The zero-order valence-electron chi connectivity index (χ0n) is 14.5. The largest absolute Gasteiger partial charge is 0.480 e. The normalized spacial score (nSPS) is 12.2. The van der Waals surface area contributed by atoms with E-state index in [1.165, 1.54) is 12.1 Å². The summed E-state index contributed by atoms with van der Waals surface area (Å²) in [6.45, 7) is 0.262. The molecule has 2 amide bonds. The number of amides is 2. The van der Waals surface area contributed by atoms with Crippen LogP contribution in [0.1, 0.15) is 11.1 Å². The van der Waals surface area contributed by atoms with Gasteiger partial charge in [0.1, 0.15) is 6.04 Å². The molecule has 2 rings (SSSR count). The Kier molecular flexibility index (Phi) is 6.91. The number of carboxylic acids is 1. The van der Waals surface area contributed by atoms with Crippen molar-refractivity contribution in [3.63, 3.8) is 0 Å². The lowest BCUT2D eigenvalue weighted by molar-refractivity contribution is -0.139. The van der Waals surface area contributed by atoms with Crippen molar-refractivity contribution < 1.29 is 23.1 Å². The minimum Gasteiger partial charge on any atom is -0.480 e. The van der Waals surface area contributed by atoms with Gasteiger partial charge in [-0.15, -0.1) is 0 Å². The highest BCUT2D eigenvalue weighted by atomic mass is 32.2. The highest BCUT2D eigenvalue weighted by Crippen LogP contribution is 2.09. The Morgan fingerprint density at radius 3 is 2.19 bits per heavy atom. The van der Waals surface area contributed by atoms with Crippen molar-refractivity contribution in [3.05, 3.63) is 65.7 Å². The smallest absolute Gasteiger partial charge is 0.326 e. The van der Waals surface area contributed by atoms with Crippen molar-refractivity contribution in [2.75, 3.05) is 6.54 Å². The van der Waals surface area contributed by atoms with Crippen LogP contribution in [0.5, 0.6) is 0 Å². The second-order valence-electron chi connectivity index (χ2n) is 5.92. The average Bonchev–Trinajstić information content (AvgIpc) is 2.61. The highest BCUT2D eigenvalue weighted by molar-refractivity contribution is 7.89. The molecule has 0 bridgehead atoms. The van der Waals surface area contributed by atoms with Gasteiger partial charge in [-0.1, -0.05) is 42.5 Å².